The van der Waals surface area contributed by atoms with Gasteiger partial charge in [0, 0.05) is 12.5 Å². The van der Waals surface area contributed by atoms with Gasteiger partial charge in [0.1, 0.15) is 5.01 Å². The molecule has 32 heavy (non-hydrogen) atoms. The third-order valence-electron chi connectivity index (χ3n) is 5.84. The van der Waals surface area contributed by atoms with Crippen LogP contribution in [0.2, 0.25) is 0 Å². The lowest BCUT2D eigenvalue weighted by Gasteiger charge is -2.18. The molecule has 2 aliphatic rings. The predicted molar refractivity (Wildman–Crippen MR) is 122 cm³/mol. The number of amides is 1. The van der Waals surface area contributed by atoms with Crippen molar-refractivity contribution in [3.63, 3.8) is 0 Å². The number of rotatable bonds is 8. The van der Waals surface area contributed by atoms with E-state index in [0.29, 0.717) is 34.3 Å². The smallest absolute Gasteiger partial charge is 0.236 e. The Morgan fingerprint density at radius 2 is 2.06 bits per heavy atom. The monoisotopic (exact) mass is 474 g/mol. The molecule has 1 amide bonds. The fraction of sp³-hybridized carbons (Fsp3) is 0.571. The van der Waals surface area contributed by atoms with Gasteiger partial charge in [-0.2, -0.15) is 0 Å². The summed E-state index contributed by atoms with van der Waals surface area (Å²) < 4.78 is 13.3. The first-order valence-corrected chi connectivity index (χ1v) is 12.9. The van der Waals surface area contributed by atoms with Crippen LogP contribution in [0, 0.1) is 0 Å². The lowest BCUT2D eigenvalue weighted by Crippen LogP contribution is -2.18. The lowest BCUT2D eigenvalue weighted by molar-refractivity contribution is -0.113. The highest BCUT2D eigenvalue weighted by Gasteiger charge is 2.24. The van der Waals surface area contributed by atoms with Crippen LogP contribution in [-0.4, -0.2) is 49.3 Å². The minimum atomic E-state index is -0.132. The quantitative estimate of drug-likeness (QED) is 0.480. The van der Waals surface area contributed by atoms with Gasteiger partial charge < -0.3 is 9.15 Å². The molecule has 0 spiro atoms. The Morgan fingerprint density at radius 3 is 2.84 bits per heavy atom. The number of furan rings is 1. The third-order valence-corrected chi connectivity index (χ3v) is 7.81. The van der Waals surface area contributed by atoms with Gasteiger partial charge in [0.15, 0.2) is 10.9 Å². The minimum absolute atomic E-state index is 0.118. The third kappa shape index (κ3) is 5.05. The molecule has 1 saturated carbocycles. The van der Waals surface area contributed by atoms with Crippen molar-refractivity contribution < 1.29 is 13.9 Å². The normalized spacial score (nSPS) is 19.4. The molecule has 3 aromatic rings. The first kappa shape index (κ1) is 21.6. The molecule has 2 fully saturated rings. The number of nitrogens with one attached hydrogen (secondary N) is 1. The Balaban J connectivity index is 1.22. The molecule has 170 valence electrons. The largest absolute Gasteiger partial charge is 0.461 e. The fourth-order valence-electron chi connectivity index (χ4n) is 4.23. The summed E-state index contributed by atoms with van der Waals surface area (Å²) in [6.45, 7) is 1.41. The van der Waals surface area contributed by atoms with E-state index in [9.17, 15) is 4.79 Å². The zero-order valence-electron chi connectivity index (χ0n) is 17.7. The highest BCUT2D eigenvalue weighted by atomic mass is 32.2. The molecule has 11 heteroatoms. The summed E-state index contributed by atoms with van der Waals surface area (Å²) in [4.78, 5) is 12.6. The number of carbonyl (C=O) groups excluding carboxylic acids is 1. The summed E-state index contributed by atoms with van der Waals surface area (Å²) in [5.41, 5.74) is 0. The Morgan fingerprint density at radius 1 is 1.16 bits per heavy atom. The molecular formula is C21H26N6O3S2. The van der Waals surface area contributed by atoms with Gasteiger partial charge in [-0.15, -0.1) is 20.4 Å². The molecule has 1 atom stereocenters. The summed E-state index contributed by atoms with van der Waals surface area (Å²) in [6, 6.07) is 3.68. The van der Waals surface area contributed by atoms with E-state index in [2.05, 4.69) is 25.7 Å². The standard InChI is InChI=1S/C21H26N6O3S2/c28-17(22-20-25-24-19(32-20)14-6-2-1-3-7-14)13-31-21-26-23-18(16-9-5-11-30-16)27(21)12-15-8-4-10-29-15/h5,9,11,14-15H,1-4,6-8,10,12-13H2,(H,22,25,28). The molecule has 1 aliphatic carbocycles. The van der Waals surface area contributed by atoms with Gasteiger partial charge in [-0.3, -0.25) is 14.7 Å². The van der Waals surface area contributed by atoms with Crippen LogP contribution in [0.25, 0.3) is 11.6 Å². The summed E-state index contributed by atoms with van der Waals surface area (Å²) in [5, 5.41) is 22.3. The number of carbonyl (C=O) groups is 1. The molecule has 1 saturated heterocycles. The SMILES string of the molecule is O=C(CSc1nnc(-c2ccco2)n1CC1CCCO1)Nc1nnc(C2CCCCC2)s1. The molecule has 1 N–H and O–H groups in total. The molecule has 3 aromatic heterocycles. The van der Waals surface area contributed by atoms with E-state index in [1.165, 1.54) is 42.4 Å². The van der Waals surface area contributed by atoms with Crippen LogP contribution in [0.4, 0.5) is 5.13 Å². The highest BCUT2D eigenvalue weighted by Crippen LogP contribution is 2.35. The summed E-state index contributed by atoms with van der Waals surface area (Å²) >= 11 is 2.84. The van der Waals surface area contributed by atoms with E-state index < -0.39 is 0 Å². The molecule has 4 heterocycles. The van der Waals surface area contributed by atoms with Gasteiger partial charge in [0.25, 0.3) is 0 Å². The van der Waals surface area contributed by atoms with Crippen molar-refractivity contribution in [3.05, 3.63) is 23.4 Å². The van der Waals surface area contributed by atoms with Gasteiger partial charge in [0.05, 0.1) is 24.7 Å². The molecule has 0 bridgehead atoms. The van der Waals surface area contributed by atoms with Gasteiger partial charge in [-0.1, -0.05) is 42.4 Å². The number of hydrogen-bond donors (Lipinski definition) is 1. The summed E-state index contributed by atoms with van der Waals surface area (Å²) in [7, 11) is 0. The van der Waals surface area contributed by atoms with Crippen molar-refractivity contribution in [3.8, 4) is 11.6 Å². The maximum atomic E-state index is 12.6. The molecule has 0 radical (unpaired) electrons. The van der Waals surface area contributed by atoms with E-state index in [4.69, 9.17) is 9.15 Å². The lowest BCUT2D eigenvalue weighted by atomic mass is 9.90. The van der Waals surface area contributed by atoms with Crippen LogP contribution in [0.5, 0.6) is 0 Å². The molecule has 1 aliphatic heterocycles. The van der Waals surface area contributed by atoms with Crippen molar-refractivity contribution in [1.82, 2.24) is 25.0 Å². The second-order valence-corrected chi connectivity index (χ2v) is 10.1. The maximum absolute atomic E-state index is 12.6. The van der Waals surface area contributed by atoms with Crippen LogP contribution in [0.15, 0.2) is 28.0 Å². The summed E-state index contributed by atoms with van der Waals surface area (Å²) in [5.74, 6) is 1.86. The van der Waals surface area contributed by atoms with E-state index in [1.807, 2.05) is 16.7 Å². The second kappa shape index (κ2) is 10.1. The van der Waals surface area contributed by atoms with Gasteiger partial charge in [-0.25, -0.2) is 0 Å². The van der Waals surface area contributed by atoms with Crippen molar-refractivity contribution in [2.45, 2.75) is 68.7 Å². The minimum Gasteiger partial charge on any atom is -0.461 e. The summed E-state index contributed by atoms with van der Waals surface area (Å²) in [6.07, 6.45) is 9.91. The Bertz CT molecular complexity index is 1020. The van der Waals surface area contributed by atoms with Crippen molar-refractivity contribution in [2.24, 2.45) is 0 Å². The van der Waals surface area contributed by atoms with Crippen LogP contribution < -0.4 is 5.32 Å². The fourth-order valence-corrected chi connectivity index (χ4v) is 5.90. The van der Waals surface area contributed by atoms with Crippen molar-refractivity contribution in [2.75, 3.05) is 17.7 Å². The Hall–Kier alpha value is -2.24. The van der Waals surface area contributed by atoms with Crippen molar-refractivity contribution in [1.29, 1.82) is 0 Å². The number of hydrogen-bond acceptors (Lipinski definition) is 9. The van der Waals surface area contributed by atoms with Crippen LogP contribution in [0.1, 0.15) is 55.9 Å². The number of ether oxygens (including phenoxy) is 1. The molecule has 5 rings (SSSR count). The number of anilines is 1. The average molecular weight is 475 g/mol. The first-order valence-electron chi connectivity index (χ1n) is 11.1. The van der Waals surface area contributed by atoms with E-state index in [0.717, 1.165) is 37.3 Å². The van der Waals surface area contributed by atoms with Crippen LogP contribution in [0.3, 0.4) is 0 Å². The van der Waals surface area contributed by atoms with Gasteiger partial charge in [-0.05, 0) is 37.8 Å². The second-order valence-electron chi connectivity index (χ2n) is 8.15. The Kier molecular flexibility index (Phi) is 6.84. The first-order chi connectivity index (χ1) is 15.8. The predicted octanol–water partition coefficient (Wildman–Crippen LogP) is 4.35. The van der Waals surface area contributed by atoms with Crippen molar-refractivity contribution >= 4 is 34.1 Å². The number of aromatic nitrogens is 5. The molecular weight excluding hydrogens is 448 g/mol. The Labute approximate surface area is 194 Å². The zero-order chi connectivity index (χ0) is 21.8. The highest BCUT2D eigenvalue weighted by molar-refractivity contribution is 7.99. The number of thioether (sulfide) groups is 1. The van der Waals surface area contributed by atoms with E-state index in [1.54, 1.807) is 6.26 Å². The molecule has 9 nitrogen and oxygen atoms in total. The van der Waals surface area contributed by atoms with Gasteiger partial charge in [0.2, 0.25) is 16.9 Å². The maximum Gasteiger partial charge on any atom is 0.236 e. The molecule has 0 aromatic carbocycles. The molecule has 1 unspecified atom stereocenters. The average Bonchev–Trinajstić information content (AvgIpc) is 3.61. The zero-order valence-corrected chi connectivity index (χ0v) is 19.4. The topological polar surface area (TPSA) is 108 Å². The van der Waals surface area contributed by atoms with Gasteiger partial charge >= 0.3 is 0 Å². The van der Waals surface area contributed by atoms with E-state index in [-0.39, 0.29) is 17.8 Å². The number of nitrogens with zero attached hydrogens (tertiary/aromatic N) is 5. The van der Waals surface area contributed by atoms with Crippen LogP contribution in [-0.2, 0) is 16.1 Å². The van der Waals surface area contributed by atoms with Crippen LogP contribution >= 0.6 is 23.1 Å². The van der Waals surface area contributed by atoms with E-state index >= 15 is 0 Å².